The highest BCUT2D eigenvalue weighted by molar-refractivity contribution is 7.92. The second kappa shape index (κ2) is 14.6. The van der Waals surface area contributed by atoms with Gasteiger partial charge in [-0.1, -0.05) is 66.8 Å². The number of carbonyl (C=O) groups excluding carboxylic acids is 2. The number of rotatable bonds is 12. The van der Waals surface area contributed by atoms with Crippen molar-refractivity contribution in [2.45, 2.75) is 76.4 Å². The summed E-state index contributed by atoms with van der Waals surface area (Å²) in [6.07, 6.45) is 5.10. The standard InChI is InChI=1S/C34H43N3O6S/c1-24-14-16-29(17-15-24)37(44(40,41)30-18-19-31(42-4)32(21-30)43-5)23-33(38)36(22-27-11-9-10-25(2)20-27)26(3)34(39)35-28-12-7-6-8-13-28/h9-11,14-21,26,28H,6-8,12-13,22-23H2,1-5H3,(H,35,39). The van der Waals surface area contributed by atoms with Crippen molar-refractivity contribution in [1.82, 2.24) is 10.2 Å². The maximum atomic E-state index is 14.2. The summed E-state index contributed by atoms with van der Waals surface area (Å²) >= 11 is 0. The molecule has 236 valence electrons. The average molecular weight is 622 g/mol. The number of sulfonamides is 1. The van der Waals surface area contributed by atoms with E-state index in [0.29, 0.717) is 11.4 Å². The van der Waals surface area contributed by atoms with E-state index in [1.54, 1.807) is 31.2 Å². The van der Waals surface area contributed by atoms with Gasteiger partial charge in [-0.3, -0.25) is 13.9 Å². The topological polar surface area (TPSA) is 105 Å². The number of methoxy groups -OCH3 is 2. The smallest absolute Gasteiger partial charge is 0.264 e. The zero-order valence-electron chi connectivity index (χ0n) is 26.2. The van der Waals surface area contributed by atoms with Crippen LogP contribution in [0.2, 0.25) is 0 Å². The lowest BCUT2D eigenvalue weighted by Gasteiger charge is -2.33. The Kier molecular flexibility index (Phi) is 10.9. The summed E-state index contributed by atoms with van der Waals surface area (Å²) in [6, 6.07) is 18.2. The number of amides is 2. The van der Waals surface area contributed by atoms with Crippen LogP contribution in [0.3, 0.4) is 0 Å². The van der Waals surface area contributed by atoms with E-state index in [4.69, 9.17) is 9.47 Å². The van der Waals surface area contributed by atoms with Crippen LogP contribution in [0, 0.1) is 13.8 Å². The number of nitrogens with one attached hydrogen (secondary N) is 1. The molecule has 1 N–H and O–H groups in total. The molecule has 1 unspecified atom stereocenters. The van der Waals surface area contributed by atoms with Crippen LogP contribution in [0.25, 0.3) is 0 Å². The molecule has 0 radical (unpaired) electrons. The lowest BCUT2D eigenvalue weighted by molar-refractivity contribution is -0.139. The molecule has 1 fully saturated rings. The molecular formula is C34H43N3O6S. The number of ether oxygens (including phenoxy) is 2. The summed E-state index contributed by atoms with van der Waals surface area (Å²) < 4.78 is 40.1. The average Bonchev–Trinajstić information content (AvgIpc) is 3.02. The van der Waals surface area contributed by atoms with Gasteiger partial charge in [0.15, 0.2) is 11.5 Å². The largest absolute Gasteiger partial charge is 0.493 e. The van der Waals surface area contributed by atoms with Crippen LogP contribution in [0.1, 0.15) is 55.7 Å². The van der Waals surface area contributed by atoms with Crippen LogP contribution in [0.5, 0.6) is 11.5 Å². The monoisotopic (exact) mass is 621 g/mol. The first-order valence-corrected chi connectivity index (χ1v) is 16.4. The molecular weight excluding hydrogens is 578 g/mol. The number of carbonyl (C=O) groups is 2. The fraction of sp³-hybridized carbons (Fsp3) is 0.412. The van der Waals surface area contributed by atoms with Crippen LogP contribution < -0.4 is 19.1 Å². The van der Waals surface area contributed by atoms with E-state index >= 15 is 0 Å². The van der Waals surface area contributed by atoms with Crippen molar-refractivity contribution in [2.75, 3.05) is 25.1 Å². The summed E-state index contributed by atoms with van der Waals surface area (Å²) in [7, 11) is -1.35. The Morgan fingerprint density at radius 3 is 2.20 bits per heavy atom. The maximum Gasteiger partial charge on any atom is 0.264 e. The van der Waals surface area contributed by atoms with Gasteiger partial charge in [-0.05, 0) is 63.4 Å². The second-order valence-corrected chi connectivity index (χ2v) is 13.3. The molecule has 10 heteroatoms. The molecule has 1 aliphatic rings. The van der Waals surface area contributed by atoms with Gasteiger partial charge in [-0.2, -0.15) is 0 Å². The number of hydrogen-bond acceptors (Lipinski definition) is 6. The molecule has 4 rings (SSSR count). The van der Waals surface area contributed by atoms with Crippen LogP contribution in [0.4, 0.5) is 5.69 Å². The lowest BCUT2D eigenvalue weighted by atomic mass is 9.95. The van der Waals surface area contributed by atoms with E-state index in [-0.39, 0.29) is 29.1 Å². The summed E-state index contributed by atoms with van der Waals surface area (Å²) in [5, 5.41) is 3.13. The van der Waals surface area contributed by atoms with Crippen molar-refractivity contribution in [3.63, 3.8) is 0 Å². The molecule has 2 amide bonds. The molecule has 44 heavy (non-hydrogen) atoms. The Labute approximate surface area is 261 Å². The minimum atomic E-state index is -4.25. The summed E-state index contributed by atoms with van der Waals surface area (Å²) in [4.78, 5) is 29.1. The minimum Gasteiger partial charge on any atom is -0.493 e. The third-order valence-corrected chi connectivity index (χ3v) is 9.87. The normalized spacial score (nSPS) is 14.4. The van der Waals surface area contributed by atoms with Crippen LogP contribution in [0.15, 0.2) is 71.6 Å². The van der Waals surface area contributed by atoms with Gasteiger partial charge >= 0.3 is 0 Å². The Morgan fingerprint density at radius 2 is 1.57 bits per heavy atom. The fourth-order valence-corrected chi connectivity index (χ4v) is 6.93. The Balaban J connectivity index is 1.70. The summed E-state index contributed by atoms with van der Waals surface area (Å²) in [6.45, 7) is 5.21. The number of aryl methyl sites for hydroxylation is 2. The molecule has 1 aliphatic carbocycles. The predicted molar refractivity (Wildman–Crippen MR) is 171 cm³/mol. The molecule has 3 aromatic rings. The van der Waals surface area contributed by atoms with E-state index in [2.05, 4.69) is 5.32 Å². The SMILES string of the molecule is COc1ccc(S(=O)(=O)N(CC(=O)N(Cc2cccc(C)c2)C(C)C(=O)NC2CCCCC2)c2ccc(C)cc2)cc1OC. The molecule has 9 nitrogen and oxygen atoms in total. The highest BCUT2D eigenvalue weighted by Crippen LogP contribution is 2.32. The number of hydrogen-bond donors (Lipinski definition) is 1. The zero-order chi connectivity index (χ0) is 31.9. The first kappa shape index (κ1) is 32.9. The van der Waals surface area contributed by atoms with Gasteiger partial charge in [0.05, 0.1) is 24.8 Å². The Morgan fingerprint density at radius 1 is 0.886 bits per heavy atom. The minimum absolute atomic E-state index is 0.0585. The molecule has 1 saturated carbocycles. The van der Waals surface area contributed by atoms with E-state index < -0.39 is 28.5 Å². The third kappa shape index (κ3) is 7.91. The van der Waals surface area contributed by atoms with Gasteiger partial charge < -0.3 is 19.7 Å². The van der Waals surface area contributed by atoms with E-state index in [0.717, 1.165) is 53.1 Å². The maximum absolute atomic E-state index is 14.2. The molecule has 3 aromatic carbocycles. The van der Waals surface area contributed by atoms with Gasteiger partial charge in [-0.25, -0.2) is 8.42 Å². The van der Waals surface area contributed by atoms with Gasteiger partial charge in [0, 0.05) is 18.7 Å². The third-order valence-electron chi connectivity index (χ3n) is 8.10. The van der Waals surface area contributed by atoms with E-state index in [1.807, 2.05) is 38.1 Å². The first-order chi connectivity index (χ1) is 21.0. The molecule has 0 heterocycles. The summed E-state index contributed by atoms with van der Waals surface area (Å²) in [5.41, 5.74) is 3.14. The second-order valence-electron chi connectivity index (χ2n) is 11.4. The van der Waals surface area contributed by atoms with Gasteiger partial charge in [0.1, 0.15) is 12.6 Å². The summed E-state index contributed by atoms with van der Waals surface area (Å²) in [5.74, 6) is -0.116. The zero-order valence-corrected chi connectivity index (χ0v) is 27.0. The number of nitrogens with zero attached hydrogens (tertiary/aromatic N) is 2. The molecule has 0 bridgehead atoms. The van der Waals surface area contributed by atoms with Crippen LogP contribution in [-0.4, -0.2) is 58.0 Å². The fourth-order valence-electron chi connectivity index (χ4n) is 5.50. The number of benzene rings is 3. The van der Waals surface area contributed by atoms with Crippen molar-refractivity contribution in [2.24, 2.45) is 0 Å². The predicted octanol–water partition coefficient (Wildman–Crippen LogP) is 5.38. The highest BCUT2D eigenvalue weighted by Gasteiger charge is 2.33. The lowest BCUT2D eigenvalue weighted by Crippen LogP contribution is -2.53. The molecule has 0 saturated heterocycles. The first-order valence-electron chi connectivity index (χ1n) is 15.0. The van der Waals surface area contributed by atoms with Crippen molar-refractivity contribution in [3.05, 3.63) is 83.4 Å². The number of anilines is 1. The van der Waals surface area contributed by atoms with Gasteiger partial charge in [0.25, 0.3) is 10.0 Å². The Hall–Kier alpha value is -4.05. The molecule has 0 spiro atoms. The van der Waals surface area contributed by atoms with Crippen LogP contribution >= 0.6 is 0 Å². The van der Waals surface area contributed by atoms with Crippen molar-refractivity contribution >= 4 is 27.5 Å². The molecule has 1 atom stereocenters. The molecule has 0 aromatic heterocycles. The molecule has 0 aliphatic heterocycles. The highest BCUT2D eigenvalue weighted by atomic mass is 32.2. The Bertz CT molecular complexity index is 1550. The van der Waals surface area contributed by atoms with Crippen molar-refractivity contribution in [1.29, 1.82) is 0 Å². The van der Waals surface area contributed by atoms with Gasteiger partial charge in [-0.15, -0.1) is 0 Å². The van der Waals surface area contributed by atoms with Crippen LogP contribution in [-0.2, 0) is 26.2 Å². The van der Waals surface area contributed by atoms with E-state index in [1.165, 1.54) is 37.3 Å². The van der Waals surface area contributed by atoms with Crippen molar-refractivity contribution < 1.29 is 27.5 Å². The van der Waals surface area contributed by atoms with Gasteiger partial charge in [0.2, 0.25) is 11.8 Å². The van der Waals surface area contributed by atoms with E-state index in [9.17, 15) is 18.0 Å². The van der Waals surface area contributed by atoms with Crippen molar-refractivity contribution in [3.8, 4) is 11.5 Å². The quantitative estimate of drug-likeness (QED) is 0.291.